The van der Waals surface area contributed by atoms with Crippen molar-refractivity contribution in [3.63, 3.8) is 0 Å². The minimum atomic E-state index is -0.135. The Balaban J connectivity index is 1.60. The first kappa shape index (κ1) is 18.4. The molecular weight excluding hydrogens is 356 g/mol. The minimum absolute atomic E-state index is 0.135. The molecule has 0 aromatic carbocycles. The van der Waals surface area contributed by atoms with E-state index >= 15 is 0 Å². The van der Waals surface area contributed by atoms with Crippen LogP contribution in [0.1, 0.15) is 35.7 Å². The highest BCUT2D eigenvalue weighted by Crippen LogP contribution is 2.28. The van der Waals surface area contributed by atoms with Gasteiger partial charge in [0.05, 0.1) is 17.3 Å². The van der Waals surface area contributed by atoms with E-state index < -0.39 is 0 Å². The third-order valence-electron chi connectivity index (χ3n) is 5.00. The molecule has 0 saturated carbocycles. The van der Waals surface area contributed by atoms with Crippen LogP contribution in [-0.2, 0) is 17.8 Å². The Morgan fingerprint density at radius 2 is 2.04 bits per heavy atom. The Hall–Kier alpha value is -3.00. The molecule has 1 aliphatic rings. The zero-order valence-corrected chi connectivity index (χ0v) is 15.9. The number of aromatic nitrogens is 4. The van der Waals surface area contributed by atoms with Gasteiger partial charge in [-0.15, -0.1) is 0 Å². The number of carbonyl (C=O) groups excluding carboxylic acids is 1. The van der Waals surface area contributed by atoms with E-state index in [0.717, 1.165) is 54.9 Å². The van der Waals surface area contributed by atoms with Crippen molar-refractivity contribution >= 4 is 22.6 Å². The Morgan fingerprint density at radius 1 is 1.25 bits per heavy atom. The maximum Gasteiger partial charge on any atom is 0.251 e. The lowest BCUT2D eigenvalue weighted by Gasteiger charge is -2.25. The number of carbonyl (C=O) groups is 1. The predicted molar refractivity (Wildman–Crippen MR) is 106 cm³/mol. The average Bonchev–Trinajstić information content (AvgIpc) is 3.18. The van der Waals surface area contributed by atoms with Gasteiger partial charge in [-0.1, -0.05) is 0 Å². The van der Waals surface area contributed by atoms with Crippen LogP contribution in [0.15, 0.2) is 36.9 Å². The third-order valence-corrected chi connectivity index (χ3v) is 5.00. The molecule has 28 heavy (non-hydrogen) atoms. The molecule has 1 amide bonds. The van der Waals surface area contributed by atoms with Crippen LogP contribution < -0.4 is 10.6 Å². The number of hydrogen-bond acceptors (Lipinski definition) is 6. The van der Waals surface area contributed by atoms with Crippen molar-refractivity contribution in [2.24, 2.45) is 0 Å². The molecule has 1 saturated heterocycles. The Bertz CT molecular complexity index is 950. The fourth-order valence-corrected chi connectivity index (χ4v) is 3.43. The van der Waals surface area contributed by atoms with E-state index in [1.807, 2.05) is 24.0 Å². The van der Waals surface area contributed by atoms with Crippen molar-refractivity contribution in [1.82, 2.24) is 25.1 Å². The van der Waals surface area contributed by atoms with Crippen molar-refractivity contribution in [3.05, 3.63) is 48.0 Å². The van der Waals surface area contributed by atoms with Gasteiger partial charge in [0.15, 0.2) is 5.65 Å². The van der Waals surface area contributed by atoms with E-state index in [9.17, 15) is 4.79 Å². The molecule has 0 aliphatic carbocycles. The lowest BCUT2D eigenvalue weighted by molar-refractivity contribution is 0.0904. The number of rotatable bonds is 6. The summed E-state index contributed by atoms with van der Waals surface area (Å²) in [6.07, 6.45) is 8.80. The van der Waals surface area contributed by atoms with Gasteiger partial charge in [-0.25, -0.2) is 9.67 Å². The standard InChI is InChI=1S/C20H24N6O2/c1-2-26-19-17(13-24-26)18(25-16-5-9-28-10-6-16)15(11-22-19)12-23-20(27)14-3-7-21-8-4-14/h3-4,7-8,11,13,16H,2,5-6,9-10,12H2,1H3,(H,22,25)(H,23,27). The molecule has 3 aromatic heterocycles. The molecule has 1 fully saturated rings. The Morgan fingerprint density at radius 3 is 2.79 bits per heavy atom. The maximum absolute atomic E-state index is 12.4. The fourth-order valence-electron chi connectivity index (χ4n) is 3.43. The molecule has 2 N–H and O–H groups in total. The van der Waals surface area contributed by atoms with Crippen molar-refractivity contribution in [2.45, 2.75) is 38.9 Å². The van der Waals surface area contributed by atoms with Crippen LogP contribution in [0.4, 0.5) is 5.69 Å². The second-order valence-corrected chi connectivity index (χ2v) is 6.81. The number of anilines is 1. The molecule has 4 rings (SSSR count). The lowest BCUT2D eigenvalue weighted by Crippen LogP contribution is -2.29. The smallest absolute Gasteiger partial charge is 0.251 e. The number of nitrogens with zero attached hydrogens (tertiary/aromatic N) is 4. The molecule has 0 bridgehead atoms. The van der Waals surface area contributed by atoms with E-state index in [1.54, 1.807) is 24.5 Å². The van der Waals surface area contributed by atoms with E-state index in [-0.39, 0.29) is 5.91 Å². The zero-order valence-electron chi connectivity index (χ0n) is 15.9. The van der Waals surface area contributed by atoms with Gasteiger partial charge in [0.1, 0.15) is 0 Å². The first-order valence-corrected chi connectivity index (χ1v) is 9.62. The van der Waals surface area contributed by atoms with Gasteiger partial charge in [0.25, 0.3) is 5.91 Å². The predicted octanol–water partition coefficient (Wildman–Crippen LogP) is 2.37. The third kappa shape index (κ3) is 3.82. The van der Waals surface area contributed by atoms with E-state index in [4.69, 9.17) is 4.74 Å². The first-order valence-electron chi connectivity index (χ1n) is 9.62. The fraction of sp³-hybridized carbons (Fsp3) is 0.400. The molecule has 0 spiro atoms. The average molecular weight is 380 g/mol. The molecule has 146 valence electrons. The molecule has 3 aromatic rings. The molecule has 8 heteroatoms. The normalized spacial score (nSPS) is 14.9. The van der Waals surface area contributed by atoms with Crippen LogP contribution in [0.25, 0.3) is 11.0 Å². The largest absolute Gasteiger partial charge is 0.381 e. The summed E-state index contributed by atoms with van der Waals surface area (Å²) < 4.78 is 7.35. The monoisotopic (exact) mass is 380 g/mol. The number of nitrogens with one attached hydrogen (secondary N) is 2. The van der Waals surface area contributed by atoms with Crippen LogP contribution in [0.5, 0.6) is 0 Å². The second-order valence-electron chi connectivity index (χ2n) is 6.81. The van der Waals surface area contributed by atoms with Gasteiger partial charge in [0, 0.05) is 62.1 Å². The number of amides is 1. The van der Waals surface area contributed by atoms with Crippen molar-refractivity contribution in [3.8, 4) is 0 Å². The number of ether oxygens (including phenoxy) is 1. The van der Waals surface area contributed by atoms with Crippen molar-refractivity contribution in [2.75, 3.05) is 18.5 Å². The number of hydrogen-bond donors (Lipinski definition) is 2. The van der Waals surface area contributed by atoms with E-state index in [2.05, 4.69) is 25.7 Å². The number of pyridine rings is 2. The van der Waals surface area contributed by atoms with Gasteiger partial charge < -0.3 is 15.4 Å². The van der Waals surface area contributed by atoms with Crippen LogP contribution in [-0.4, -0.2) is 44.9 Å². The van der Waals surface area contributed by atoms with Crippen LogP contribution in [0.3, 0.4) is 0 Å². The van der Waals surface area contributed by atoms with E-state index in [0.29, 0.717) is 18.2 Å². The van der Waals surface area contributed by atoms with Crippen molar-refractivity contribution in [1.29, 1.82) is 0 Å². The molecular formula is C20H24N6O2. The minimum Gasteiger partial charge on any atom is -0.381 e. The van der Waals surface area contributed by atoms with Crippen molar-refractivity contribution < 1.29 is 9.53 Å². The molecule has 4 heterocycles. The van der Waals surface area contributed by atoms with Gasteiger partial charge in [-0.05, 0) is 31.9 Å². The van der Waals surface area contributed by atoms with E-state index in [1.165, 1.54) is 0 Å². The topological polar surface area (TPSA) is 94.0 Å². The summed E-state index contributed by atoms with van der Waals surface area (Å²) in [4.78, 5) is 21.0. The molecule has 0 radical (unpaired) electrons. The summed E-state index contributed by atoms with van der Waals surface area (Å²) in [5, 5.41) is 12.1. The summed E-state index contributed by atoms with van der Waals surface area (Å²) in [6, 6.07) is 3.73. The van der Waals surface area contributed by atoms with Gasteiger partial charge in [-0.2, -0.15) is 5.10 Å². The second kappa shape index (κ2) is 8.35. The summed E-state index contributed by atoms with van der Waals surface area (Å²) in [6.45, 7) is 4.70. The molecule has 8 nitrogen and oxygen atoms in total. The van der Waals surface area contributed by atoms with Gasteiger partial charge in [0.2, 0.25) is 0 Å². The number of fused-ring (bicyclic) bond motifs is 1. The first-order chi connectivity index (χ1) is 13.8. The quantitative estimate of drug-likeness (QED) is 0.682. The highest BCUT2D eigenvalue weighted by atomic mass is 16.5. The molecule has 0 atom stereocenters. The summed E-state index contributed by atoms with van der Waals surface area (Å²) in [5.74, 6) is -0.135. The SMILES string of the molecule is CCn1ncc2c(NC3CCOCC3)c(CNC(=O)c3ccncc3)cnc21. The highest BCUT2D eigenvalue weighted by molar-refractivity contribution is 5.94. The summed E-state index contributed by atoms with van der Waals surface area (Å²) in [7, 11) is 0. The molecule has 0 unspecified atom stereocenters. The van der Waals surface area contributed by atoms with Crippen LogP contribution >= 0.6 is 0 Å². The number of aryl methyl sites for hydroxylation is 1. The maximum atomic E-state index is 12.4. The Labute approximate surface area is 163 Å². The van der Waals surface area contributed by atoms with Gasteiger partial charge >= 0.3 is 0 Å². The Kier molecular flexibility index (Phi) is 5.48. The van der Waals surface area contributed by atoms with Gasteiger partial charge in [-0.3, -0.25) is 9.78 Å². The van der Waals surface area contributed by atoms with Crippen LogP contribution in [0, 0.1) is 0 Å². The van der Waals surface area contributed by atoms with Crippen LogP contribution in [0.2, 0.25) is 0 Å². The summed E-state index contributed by atoms with van der Waals surface area (Å²) in [5.41, 5.74) is 3.37. The lowest BCUT2D eigenvalue weighted by atomic mass is 10.1. The summed E-state index contributed by atoms with van der Waals surface area (Å²) >= 11 is 0. The highest BCUT2D eigenvalue weighted by Gasteiger charge is 2.19. The molecule has 1 aliphatic heterocycles. The zero-order chi connectivity index (χ0) is 19.3.